The van der Waals surface area contributed by atoms with Crippen molar-refractivity contribution in [2.75, 3.05) is 0 Å². The highest BCUT2D eigenvalue weighted by atomic mass is 32.1. The van der Waals surface area contributed by atoms with Crippen molar-refractivity contribution < 1.29 is 26.3 Å². The zero-order chi connectivity index (χ0) is 24.5. The lowest BCUT2D eigenvalue weighted by Crippen LogP contribution is -2.17. The Morgan fingerprint density at radius 1 is 0.971 bits per heavy atom. The van der Waals surface area contributed by atoms with Crippen LogP contribution in [0.4, 0.5) is 26.3 Å². The second kappa shape index (κ2) is 8.90. The van der Waals surface area contributed by atoms with E-state index in [0.717, 1.165) is 6.07 Å². The second-order valence-electron chi connectivity index (χ2n) is 7.06. The standard InChI is InChI=1S/C22H13F6N5S/c1-13(16-7-6-15(21(23,24)25)10-17(16)22(26,27)28)33-12-14(11-30-33)5-8-19-31-32-20(34-19)18-4-2-3-9-29-18/h2-4,6-7,9-13H,1H3. The van der Waals surface area contributed by atoms with E-state index >= 15 is 0 Å². The SMILES string of the molecule is CC(c1ccc(C(F)(F)F)cc1C(F)(F)F)n1cc(C#Cc2nnc(-c3ccccn3)s2)cn1. The van der Waals surface area contributed by atoms with Gasteiger partial charge in [0.1, 0.15) is 5.69 Å². The van der Waals surface area contributed by atoms with Crippen molar-refractivity contribution in [1.82, 2.24) is 25.0 Å². The van der Waals surface area contributed by atoms with Crippen LogP contribution >= 0.6 is 11.3 Å². The van der Waals surface area contributed by atoms with Gasteiger partial charge in [0.15, 0.2) is 10.0 Å². The van der Waals surface area contributed by atoms with Gasteiger partial charge in [-0.05, 0) is 42.7 Å². The fraction of sp³-hybridized carbons (Fsp3) is 0.182. The molecule has 34 heavy (non-hydrogen) atoms. The topological polar surface area (TPSA) is 56.5 Å². The quantitative estimate of drug-likeness (QED) is 0.266. The van der Waals surface area contributed by atoms with Crippen molar-refractivity contribution in [2.24, 2.45) is 0 Å². The minimum absolute atomic E-state index is 0.116. The number of rotatable bonds is 3. The minimum Gasteiger partial charge on any atom is -0.264 e. The van der Waals surface area contributed by atoms with Gasteiger partial charge in [-0.25, -0.2) is 0 Å². The normalized spacial score (nSPS) is 12.8. The van der Waals surface area contributed by atoms with E-state index in [1.807, 2.05) is 6.07 Å². The summed E-state index contributed by atoms with van der Waals surface area (Å²) in [5, 5.41) is 13.0. The molecule has 0 aliphatic carbocycles. The maximum absolute atomic E-state index is 13.5. The van der Waals surface area contributed by atoms with Gasteiger partial charge in [0, 0.05) is 12.4 Å². The van der Waals surface area contributed by atoms with E-state index in [-0.39, 0.29) is 11.6 Å². The van der Waals surface area contributed by atoms with E-state index in [2.05, 4.69) is 32.1 Å². The van der Waals surface area contributed by atoms with Gasteiger partial charge in [-0.15, -0.1) is 10.2 Å². The molecule has 0 aliphatic rings. The van der Waals surface area contributed by atoms with Gasteiger partial charge in [0.05, 0.1) is 28.9 Å². The van der Waals surface area contributed by atoms with Crippen LogP contribution in [0.25, 0.3) is 10.7 Å². The van der Waals surface area contributed by atoms with Crippen molar-refractivity contribution in [3.05, 3.63) is 82.3 Å². The third-order valence-electron chi connectivity index (χ3n) is 4.76. The first-order chi connectivity index (χ1) is 16.0. The fourth-order valence-corrected chi connectivity index (χ4v) is 3.77. The zero-order valence-corrected chi connectivity index (χ0v) is 18.0. The van der Waals surface area contributed by atoms with E-state index in [1.165, 1.54) is 35.3 Å². The molecule has 0 aliphatic heterocycles. The Labute approximate surface area is 193 Å². The van der Waals surface area contributed by atoms with Crippen LogP contribution in [0, 0.1) is 11.8 Å². The van der Waals surface area contributed by atoms with Crippen LogP contribution in [-0.2, 0) is 12.4 Å². The molecule has 3 aromatic heterocycles. The molecule has 0 N–H and O–H groups in total. The third-order valence-corrected chi connectivity index (χ3v) is 5.62. The molecular weight excluding hydrogens is 480 g/mol. The molecule has 0 fully saturated rings. The van der Waals surface area contributed by atoms with E-state index in [4.69, 9.17) is 0 Å². The summed E-state index contributed by atoms with van der Waals surface area (Å²) in [6, 6.07) is 5.93. The number of nitrogens with zero attached hydrogens (tertiary/aromatic N) is 5. The highest BCUT2D eigenvalue weighted by Gasteiger charge is 2.39. The molecule has 3 heterocycles. The number of pyridine rings is 1. The molecule has 1 unspecified atom stereocenters. The lowest BCUT2D eigenvalue weighted by Gasteiger charge is -2.20. The average Bonchev–Trinajstić information content (AvgIpc) is 3.46. The van der Waals surface area contributed by atoms with Crippen LogP contribution in [0.5, 0.6) is 0 Å². The average molecular weight is 493 g/mol. The molecule has 1 atom stereocenters. The Kier molecular flexibility index (Phi) is 6.14. The Balaban J connectivity index is 1.58. The van der Waals surface area contributed by atoms with Crippen LogP contribution < -0.4 is 0 Å². The highest BCUT2D eigenvalue weighted by Crippen LogP contribution is 2.39. The molecule has 0 amide bonds. The number of hydrogen-bond donors (Lipinski definition) is 0. The van der Waals surface area contributed by atoms with Crippen molar-refractivity contribution >= 4 is 11.3 Å². The second-order valence-corrected chi connectivity index (χ2v) is 8.04. The van der Waals surface area contributed by atoms with Gasteiger partial charge in [-0.3, -0.25) is 9.67 Å². The van der Waals surface area contributed by atoms with Crippen LogP contribution in [0.1, 0.15) is 40.2 Å². The van der Waals surface area contributed by atoms with E-state index in [0.29, 0.717) is 27.3 Å². The molecule has 5 nitrogen and oxygen atoms in total. The molecular formula is C22H13F6N5S. The first kappa shape index (κ1) is 23.4. The Morgan fingerprint density at radius 2 is 1.76 bits per heavy atom. The first-order valence-electron chi connectivity index (χ1n) is 9.62. The molecule has 4 rings (SSSR count). The lowest BCUT2D eigenvalue weighted by molar-refractivity contribution is -0.143. The Bertz CT molecular complexity index is 1360. The molecule has 0 saturated heterocycles. The fourth-order valence-electron chi connectivity index (χ4n) is 3.09. The van der Waals surface area contributed by atoms with E-state index in [9.17, 15) is 26.3 Å². The molecule has 4 aromatic rings. The molecule has 0 spiro atoms. The number of aromatic nitrogens is 5. The predicted molar refractivity (Wildman–Crippen MR) is 112 cm³/mol. The maximum Gasteiger partial charge on any atom is 0.416 e. The van der Waals surface area contributed by atoms with E-state index < -0.39 is 29.5 Å². The van der Waals surface area contributed by atoms with Gasteiger partial charge in [-0.1, -0.05) is 29.4 Å². The Hall–Kier alpha value is -3.72. The monoisotopic (exact) mass is 493 g/mol. The zero-order valence-electron chi connectivity index (χ0n) is 17.2. The van der Waals surface area contributed by atoms with Gasteiger partial charge < -0.3 is 0 Å². The Morgan fingerprint density at radius 3 is 2.44 bits per heavy atom. The maximum atomic E-state index is 13.5. The van der Waals surface area contributed by atoms with Crippen molar-refractivity contribution in [2.45, 2.75) is 25.3 Å². The third kappa shape index (κ3) is 5.09. The summed E-state index contributed by atoms with van der Waals surface area (Å²) < 4.78 is 80.5. The number of alkyl halides is 6. The summed E-state index contributed by atoms with van der Waals surface area (Å²) in [5.74, 6) is 5.62. The minimum atomic E-state index is -4.97. The summed E-state index contributed by atoms with van der Waals surface area (Å²) in [6.45, 7) is 1.41. The molecule has 12 heteroatoms. The molecule has 0 saturated carbocycles. The van der Waals surface area contributed by atoms with Gasteiger partial charge in [-0.2, -0.15) is 31.4 Å². The predicted octanol–water partition coefficient (Wildman–Crippen LogP) is 5.84. The summed E-state index contributed by atoms with van der Waals surface area (Å²) in [6.07, 6.45) is -5.47. The van der Waals surface area contributed by atoms with Crippen molar-refractivity contribution in [1.29, 1.82) is 0 Å². The molecule has 0 bridgehead atoms. The van der Waals surface area contributed by atoms with Gasteiger partial charge in [0.2, 0.25) is 0 Å². The smallest absolute Gasteiger partial charge is 0.264 e. The first-order valence-corrected chi connectivity index (χ1v) is 10.4. The summed E-state index contributed by atoms with van der Waals surface area (Å²) in [5.41, 5.74) is -2.04. The number of benzene rings is 1. The van der Waals surface area contributed by atoms with Crippen LogP contribution in [-0.4, -0.2) is 25.0 Å². The molecule has 1 aromatic carbocycles. The van der Waals surface area contributed by atoms with Crippen LogP contribution in [0.15, 0.2) is 55.0 Å². The number of halogens is 6. The number of hydrogen-bond acceptors (Lipinski definition) is 5. The lowest BCUT2D eigenvalue weighted by atomic mass is 9.98. The van der Waals surface area contributed by atoms with E-state index in [1.54, 1.807) is 18.3 Å². The van der Waals surface area contributed by atoms with Crippen LogP contribution in [0.3, 0.4) is 0 Å². The van der Waals surface area contributed by atoms with Gasteiger partial charge in [0.25, 0.3) is 0 Å². The molecule has 0 radical (unpaired) electrons. The summed E-state index contributed by atoms with van der Waals surface area (Å²) in [4.78, 5) is 4.18. The van der Waals surface area contributed by atoms with Gasteiger partial charge >= 0.3 is 12.4 Å². The highest BCUT2D eigenvalue weighted by molar-refractivity contribution is 7.15. The van der Waals surface area contributed by atoms with Crippen LogP contribution in [0.2, 0.25) is 0 Å². The summed E-state index contributed by atoms with van der Waals surface area (Å²) >= 11 is 1.22. The largest absolute Gasteiger partial charge is 0.416 e. The van der Waals surface area contributed by atoms with Crippen molar-refractivity contribution in [3.63, 3.8) is 0 Å². The molecule has 174 valence electrons. The summed E-state index contributed by atoms with van der Waals surface area (Å²) in [7, 11) is 0. The van der Waals surface area contributed by atoms with Crippen molar-refractivity contribution in [3.8, 4) is 22.5 Å².